The molecule has 0 radical (unpaired) electrons. The highest BCUT2D eigenvalue weighted by Crippen LogP contribution is 2.22. The van der Waals surface area contributed by atoms with Crippen LogP contribution >= 0.6 is 0 Å². The number of benzene rings is 2. The molecule has 1 aliphatic heterocycles. The van der Waals surface area contributed by atoms with Gasteiger partial charge in [-0.15, -0.1) is 0 Å². The van der Waals surface area contributed by atoms with E-state index in [1.54, 1.807) is 30.0 Å². The third-order valence-electron chi connectivity index (χ3n) is 5.38. The van der Waals surface area contributed by atoms with Crippen LogP contribution in [0.2, 0.25) is 0 Å². The Hall–Kier alpha value is -3.61. The summed E-state index contributed by atoms with van der Waals surface area (Å²) >= 11 is 0. The zero-order chi connectivity index (χ0) is 22.0. The fraction of sp³-hybridized carbons (Fsp3) is 0.292. The summed E-state index contributed by atoms with van der Waals surface area (Å²) in [6.07, 6.45) is -0.123. The van der Waals surface area contributed by atoms with Gasteiger partial charge >= 0.3 is 11.6 Å². The topological polar surface area (TPSA) is 86.0 Å². The molecule has 0 saturated carbocycles. The molecule has 7 heteroatoms. The third kappa shape index (κ3) is 4.60. The van der Waals surface area contributed by atoms with Crippen molar-refractivity contribution in [2.45, 2.75) is 32.9 Å². The summed E-state index contributed by atoms with van der Waals surface area (Å²) in [5, 5.41) is 0.789. The first-order valence-electron chi connectivity index (χ1n) is 10.1. The van der Waals surface area contributed by atoms with Crippen molar-refractivity contribution >= 4 is 22.8 Å². The number of esters is 1. The molecule has 2 aromatic carbocycles. The van der Waals surface area contributed by atoms with Crippen LogP contribution in [0.5, 0.6) is 5.75 Å². The van der Waals surface area contributed by atoms with Crippen molar-refractivity contribution in [1.29, 1.82) is 0 Å². The van der Waals surface area contributed by atoms with Gasteiger partial charge in [-0.3, -0.25) is 4.79 Å². The molecule has 0 spiro atoms. The molecule has 0 N–H and O–H groups in total. The molecule has 1 aromatic heterocycles. The smallest absolute Gasteiger partial charge is 0.344 e. The lowest BCUT2D eigenvalue weighted by molar-refractivity contribution is -0.161. The van der Waals surface area contributed by atoms with Crippen LogP contribution in [-0.2, 0) is 27.3 Å². The van der Waals surface area contributed by atoms with Gasteiger partial charge in [0.1, 0.15) is 11.3 Å². The third-order valence-corrected chi connectivity index (χ3v) is 5.38. The summed E-state index contributed by atoms with van der Waals surface area (Å²) in [6.45, 7) is 4.12. The van der Waals surface area contributed by atoms with Crippen molar-refractivity contribution < 1.29 is 23.5 Å². The first kappa shape index (κ1) is 20.7. The summed E-state index contributed by atoms with van der Waals surface area (Å²) in [4.78, 5) is 38.1. The Morgan fingerprint density at radius 3 is 2.71 bits per heavy atom. The van der Waals surface area contributed by atoms with Crippen molar-refractivity contribution in [2.75, 3.05) is 13.2 Å². The number of ether oxygens (including phenoxy) is 2. The van der Waals surface area contributed by atoms with E-state index in [1.807, 2.05) is 25.1 Å². The molecule has 1 amide bonds. The lowest BCUT2D eigenvalue weighted by atomic mass is 9.99. The van der Waals surface area contributed by atoms with Gasteiger partial charge in [-0.05, 0) is 49.1 Å². The molecular formula is C24H23NO6. The van der Waals surface area contributed by atoms with Crippen LogP contribution in [0.25, 0.3) is 11.0 Å². The molecule has 3 aromatic rings. The van der Waals surface area contributed by atoms with Crippen molar-refractivity contribution in [2.24, 2.45) is 0 Å². The van der Waals surface area contributed by atoms with E-state index in [0.29, 0.717) is 24.4 Å². The summed E-state index contributed by atoms with van der Waals surface area (Å²) < 4.78 is 15.9. The standard InChI is InChI=1S/C24H23NO6/c1-15-11-22(26)31-21-12-19(7-8-20(15)21)29-14-23(27)30-16(2)24(28)25-10-9-17-5-3-4-6-18(17)13-25/h3-8,11-12,16H,9-10,13-14H2,1-2H3/t16-/m0/s1. The monoisotopic (exact) mass is 421 g/mol. The number of carbonyl (C=O) groups excluding carboxylic acids is 2. The lowest BCUT2D eigenvalue weighted by Gasteiger charge is -2.30. The molecule has 0 fully saturated rings. The number of aryl methyl sites for hydroxylation is 1. The van der Waals surface area contributed by atoms with Crippen LogP contribution in [0, 0.1) is 6.92 Å². The molecular weight excluding hydrogens is 398 g/mol. The Labute approximate surface area is 179 Å². The first-order valence-corrected chi connectivity index (χ1v) is 10.1. The number of carbonyl (C=O) groups is 2. The summed E-state index contributed by atoms with van der Waals surface area (Å²) in [7, 11) is 0. The second-order valence-corrected chi connectivity index (χ2v) is 7.61. The summed E-state index contributed by atoms with van der Waals surface area (Å²) in [5.74, 6) is -0.514. The van der Waals surface area contributed by atoms with Crippen molar-refractivity contribution in [1.82, 2.24) is 4.90 Å². The highest BCUT2D eigenvalue weighted by Gasteiger charge is 2.27. The Kier molecular flexibility index (Phi) is 5.75. The molecule has 7 nitrogen and oxygen atoms in total. The molecule has 31 heavy (non-hydrogen) atoms. The summed E-state index contributed by atoms with van der Waals surface area (Å²) in [5.41, 5.74) is 3.08. The van der Waals surface area contributed by atoms with E-state index in [4.69, 9.17) is 13.9 Å². The van der Waals surface area contributed by atoms with Crippen molar-refractivity contribution in [3.63, 3.8) is 0 Å². The minimum atomic E-state index is -0.904. The maximum Gasteiger partial charge on any atom is 0.344 e. The average Bonchev–Trinajstić information content (AvgIpc) is 2.76. The second-order valence-electron chi connectivity index (χ2n) is 7.61. The molecule has 0 bridgehead atoms. The number of hydrogen-bond donors (Lipinski definition) is 0. The SMILES string of the molecule is Cc1cc(=O)oc2cc(OCC(=O)O[C@@H](C)C(=O)N3CCc4ccccc4C3)ccc12. The maximum atomic E-state index is 12.7. The molecule has 1 atom stereocenters. The number of nitrogens with zero attached hydrogens (tertiary/aromatic N) is 1. The van der Waals surface area contributed by atoms with Gasteiger partial charge < -0.3 is 18.8 Å². The average molecular weight is 421 g/mol. The van der Waals surface area contributed by atoms with E-state index in [2.05, 4.69) is 6.07 Å². The van der Waals surface area contributed by atoms with Crippen LogP contribution in [0.4, 0.5) is 0 Å². The van der Waals surface area contributed by atoms with Crippen LogP contribution in [0.1, 0.15) is 23.6 Å². The molecule has 4 rings (SSSR count). The predicted octanol–water partition coefficient (Wildman–Crippen LogP) is 3.00. The molecule has 0 unspecified atom stereocenters. The van der Waals surface area contributed by atoms with Gasteiger partial charge in [0.05, 0.1) is 0 Å². The zero-order valence-corrected chi connectivity index (χ0v) is 17.4. The Morgan fingerprint density at radius 2 is 1.90 bits per heavy atom. The number of hydrogen-bond acceptors (Lipinski definition) is 6. The minimum absolute atomic E-state index is 0.231. The number of rotatable bonds is 5. The highest BCUT2D eigenvalue weighted by molar-refractivity contribution is 5.84. The zero-order valence-electron chi connectivity index (χ0n) is 17.4. The first-order chi connectivity index (χ1) is 14.9. The summed E-state index contributed by atoms with van der Waals surface area (Å²) in [6, 6.07) is 14.4. The lowest BCUT2D eigenvalue weighted by Crippen LogP contribution is -2.43. The van der Waals surface area contributed by atoms with Gasteiger partial charge in [0.2, 0.25) is 0 Å². The quantitative estimate of drug-likeness (QED) is 0.465. The molecule has 160 valence electrons. The number of fused-ring (bicyclic) bond motifs is 2. The van der Waals surface area contributed by atoms with Crippen LogP contribution in [0.15, 0.2) is 57.7 Å². The molecule has 0 aliphatic carbocycles. The van der Waals surface area contributed by atoms with E-state index < -0.39 is 17.7 Å². The van der Waals surface area contributed by atoms with Crippen LogP contribution < -0.4 is 10.4 Å². The van der Waals surface area contributed by atoms with Crippen molar-refractivity contribution in [3.8, 4) is 5.75 Å². The fourth-order valence-corrected chi connectivity index (χ4v) is 3.76. The Bertz CT molecular complexity index is 1200. The minimum Gasteiger partial charge on any atom is -0.482 e. The van der Waals surface area contributed by atoms with E-state index in [9.17, 15) is 14.4 Å². The van der Waals surface area contributed by atoms with Gasteiger partial charge in [0.15, 0.2) is 12.7 Å². The Balaban J connectivity index is 1.33. The van der Waals surface area contributed by atoms with E-state index in [1.165, 1.54) is 11.6 Å². The highest BCUT2D eigenvalue weighted by atomic mass is 16.6. The predicted molar refractivity (Wildman–Crippen MR) is 114 cm³/mol. The largest absolute Gasteiger partial charge is 0.482 e. The van der Waals surface area contributed by atoms with Gasteiger partial charge in [0.25, 0.3) is 5.91 Å². The van der Waals surface area contributed by atoms with Crippen LogP contribution in [-0.4, -0.2) is 36.0 Å². The number of amides is 1. The van der Waals surface area contributed by atoms with Gasteiger partial charge in [0, 0.05) is 30.6 Å². The van der Waals surface area contributed by atoms with Gasteiger partial charge in [-0.2, -0.15) is 0 Å². The van der Waals surface area contributed by atoms with E-state index in [0.717, 1.165) is 22.9 Å². The Morgan fingerprint density at radius 1 is 1.13 bits per heavy atom. The van der Waals surface area contributed by atoms with Crippen molar-refractivity contribution in [3.05, 3.63) is 75.6 Å². The van der Waals surface area contributed by atoms with Gasteiger partial charge in [-0.25, -0.2) is 9.59 Å². The fourth-order valence-electron chi connectivity index (χ4n) is 3.76. The van der Waals surface area contributed by atoms with Crippen LogP contribution in [0.3, 0.4) is 0 Å². The van der Waals surface area contributed by atoms with Gasteiger partial charge in [-0.1, -0.05) is 24.3 Å². The normalized spacial score (nSPS) is 14.1. The molecule has 0 saturated heterocycles. The van der Waals surface area contributed by atoms with E-state index in [-0.39, 0.29) is 12.5 Å². The molecule has 1 aliphatic rings. The second kappa shape index (κ2) is 8.63. The van der Waals surface area contributed by atoms with E-state index >= 15 is 0 Å². The maximum absolute atomic E-state index is 12.7. The molecule has 2 heterocycles.